The van der Waals surface area contributed by atoms with E-state index in [-0.39, 0.29) is 6.10 Å². The molecule has 1 aliphatic carbocycles. The van der Waals surface area contributed by atoms with Crippen LogP contribution in [0.25, 0.3) is 5.57 Å². The molecule has 1 aromatic rings. The van der Waals surface area contributed by atoms with Gasteiger partial charge in [0.2, 0.25) is 0 Å². The minimum Gasteiger partial charge on any atom is -0.374 e. The number of hydrogen-bond donors (Lipinski definition) is 2. The summed E-state index contributed by atoms with van der Waals surface area (Å²) in [6.07, 6.45) is 8.12. The van der Waals surface area contributed by atoms with E-state index in [9.17, 15) is 0 Å². The maximum absolute atomic E-state index is 8.49. The van der Waals surface area contributed by atoms with Crippen LogP contribution in [0.2, 0.25) is 10.0 Å². The Morgan fingerprint density at radius 1 is 1.36 bits per heavy atom. The molecule has 1 atom stereocenters. The van der Waals surface area contributed by atoms with E-state index < -0.39 is 0 Å². The van der Waals surface area contributed by atoms with Crippen molar-refractivity contribution in [3.05, 3.63) is 46.0 Å². The molecular weight excluding hydrogens is 339 g/mol. The highest BCUT2D eigenvalue weighted by Crippen LogP contribution is 2.36. The maximum Gasteiger partial charge on any atom is 0.0793 e. The summed E-state index contributed by atoms with van der Waals surface area (Å²) in [6.45, 7) is 0.593. The number of halogens is 2. The predicted molar refractivity (Wildman–Crippen MR) is 95.4 cm³/mol. The quantitative estimate of drug-likeness (QED) is 0.539. The van der Waals surface area contributed by atoms with Gasteiger partial charge >= 0.3 is 0 Å². The molecule has 0 fully saturated rings. The van der Waals surface area contributed by atoms with E-state index in [2.05, 4.69) is 29.7 Å². The van der Waals surface area contributed by atoms with Gasteiger partial charge in [-0.2, -0.15) is 5.26 Å². The van der Waals surface area contributed by atoms with Crippen molar-refractivity contribution in [1.29, 1.82) is 5.26 Å². The lowest BCUT2D eigenvalue weighted by atomic mass is 9.98. The SMILES string of the molecule is N#CCCCOC1C=CC(c2c(Cl)cc(NS)cc2Cl)=CC1. The lowest BCUT2D eigenvalue weighted by Crippen LogP contribution is -2.12. The molecule has 0 spiro atoms. The molecule has 0 saturated carbocycles. The van der Waals surface area contributed by atoms with Gasteiger partial charge in [-0.1, -0.05) is 54.2 Å². The zero-order chi connectivity index (χ0) is 15.9. The van der Waals surface area contributed by atoms with Crippen LogP contribution < -0.4 is 4.72 Å². The third kappa shape index (κ3) is 4.44. The van der Waals surface area contributed by atoms with E-state index in [0.29, 0.717) is 23.1 Å². The minimum atomic E-state index is 0.0402. The molecule has 1 N–H and O–H groups in total. The Kier molecular flexibility index (Phi) is 6.66. The highest BCUT2D eigenvalue weighted by atomic mass is 35.5. The first-order chi connectivity index (χ1) is 10.7. The summed E-state index contributed by atoms with van der Waals surface area (Å²) in [6, 6.07) is 5.68. The zero-order valence-corrected chi connectivity index (χ0v) is 14.3. The van der Waals surface area contributed by atoms with Crippen LogP contribution >= 0.6 is 36.0 Å². The monoisotopic (exact) mass is 354 g/mol. The van der Waals surface area contributed by atoms with Gasteiger partial charge in [0.05, 0.1) is 22.2 Å². The first kappa shape index (κ1) is 17.2. The van der Waals surface area contributed by atoms with Gasteiger partial charge in [-0.15, -0.1) is 0 Å². The predicted octanol–water partition coefficient (Wildman–Crippen LogP) is 5.28. The molecule has 116 valence electrons. The summed E-state index contributed by atoms with van der Waals surface area (Å²) in [5.74, 6) is 0. The van der Waals surface area contributed by atoms with E-state index in [0.717, 1.165) is 29.7 Å². The molecule has 0 aliphatic heterocycles. The van der Waals surface area contributed by atoms with Crippen LogP contribution in [0, 0.1) is 11.3 Å². The molecule has 1 unspecified atom stereocenters. The topological polar surface area (TPSA) is 45.0 Å². The third-order valence-electron chi connectivity index (χ3n) is 3.29. The Morgan fingerprint density at radius 3 is 2.64 bits per heavy atom. The molecule has 6 heteroatoms. The van der Waals surface area contributed by atoms with Crippen molar-refractivity contribution in [3.63, 3.8) is 0 Å². The largest absolute Gasteiger partial charge is 0.374 e. The van der Waals surface area contributed by atoms with Crippen LogP contribution in [0.15, 0.2) is 30.4 Å². The van der Waals surface area contributed by atoms with Crippen LogP contribution in [0.4, 0.5) is 5.69 Å². The van der Waals surface area contributed by atoms with E-state index >= 15 is 0 Å². The Hall–Kier alpha value is -1.12. The van der Waals surface area contributed by atoms with E-state index in [1.165, 1.54) is 0 Å². The van der Waals surface area contributed by atoms with E-state index in [1.807, 2.05) is 12.2 Å². The lowest BCUT2D eigenvalue weighted by Gasteiger charge is -2.18. The highest BCUT2D eigenvalue weighted by Gasteiger charge is 2.15. The maximum atomic E-state index is 8.49. The number of ether oxygens (including phenoxy) is 1. The van der Waals surface area contributed by atoms with Gasteiger partial charge in [0.25, 0.3) is 0 Å². The van der Waals surface area contributed by atoms with Crippen molar-refractivity contribution in [3.8, 4) is 6.07 Å². The molecule has 0 radical (unpaired) electrons. The summed E-state index contributed by atoms with van der Waals surface area (Å²) in [5, 5.41) is 9.64. The van der Waals surface area contributed by atoms with Crippen molar-refractivity contribution in [2.45, 2.75) is 25.4 Å². The first-order valence-electron chi connectivity index (χ1n) is 6.92. The molecule has 0 amide bonds. The van der Waals surface area contributed by atoms with Gasteiger partial charge in [0.1, 0.15) is 0 Å². The molecule has 1 aliphatic rings. The van der Waals surface area contributed by atoms with E-state index in [1.54, 1.807) is 12.1 Å². The molecule has 0 saturated heterocycles. The normalized spacial score (nSPS) is 17.0. The summed E-state index contributed by atoms with van der Waals surface area (Å²) < 4.78 is 8.42. The van der Waals surface area contributed by atoms with Crippen LogP contribution in [0.3, 0.4) is 0 Å². The molecule has 22 heavy (non-hydrogen) atoms. The Balaban J connectivity index is 2.03. The lowest BCUT2D eigenvalue weighted by molar-refractivity contribution is 0.0855. The average molecular weight is 355 g/mol. The molecular formula is C16H16Cl2N2OS. The van der Waals surface area contributed by atoms with Gasteiger partial charge in [-0.05, 0) is 30.5 Å². The van der Waals surface area contributed by atoms with Crippen LogP contribution in [-0.4, -0.2) is 12.7 Å². The standard InChI is InChI=1S/C16H16Cl2N2OS/c17-14-9-12(20-22)10-15(18)16(14)11-3-5-13(6-4-11)21-8-2-1-7-19/h3-5,9-10,13,20,22H,1-2,6,8H2. The van der Waals surface area contributed by atoms with Crippen LogP contribution in [0.1, 0.15) is 24.8 Å². The summed E-state index contributed by atoms with van der Waals surface area (Å²) in [7, 11) is 0. The molecule has 3 nitrogen and oxygen atoms in total. The van der Waals surface area contributed by atoms with Crippen LogP contribution in [0.5, 0.6) is 0 Å². The zero-order valence-electron chi connectivity index (χ0n) is 11.9. The summed E-state index contributed by atoms with van der Waals surface area (Å²) >= 11 is 16.6. The fourth-order valence-corrected chi connectivity index (χ4v) is 3.04. The average Bonchev–Trinajstić information content (AvgIpc) is 2.52. The number of nitriles is 1. The number of allylic oxidation sites excluding steroid dienone is 2. The molecule has 0 heterocycles. The smallest absolute Gasteiger partial charge is 0.0793 e. The number of benzene rings is 1. The molecule has 2 rings (SSSR count). The molecule has 0 bridgehead atoms. The minimum absolute atomic E-state index is 0.0402. The fourth-order valence-electron chi connectivity index (χ4n) is 2.21. The van der Waals surface area contributed by atoms with Gasteiger partial charge in [-0.25, -0.2) is 0 Å². The van der Waals surface area contributed by atoms with Crippen molar-refractivity contribution < 1.29 is 4.74 Å². The number of anilines is 1. The Morgan fingerprint density at radius 2 is 2.09 bits per heavy atom. The van der Waals surface area contributed by atoms with Crippen molar-refractivity contribution in [2.75, 3.05) is 11.3 Å². The second-order valence-corrected chi connectivity index (χ2v) is 5.89. The van der Waals surface area contributed by atoms with Gasteiger partial charge in [-0.3, -0.25) is 0 Å². The number of rotatable bonds is 6. The summed E-state index contributed by atoms with van der Waals surface area (Å²) in [5.41, 5.74) is 2.55. The second-order valence-electron chi connectivity index (χ2n) is 4.85. The first-order valence-corrected chi connectivity index (χ1v) is 8.12. The number of nitrogens with zero attached hydrogens (tertiary/aromatic N) is 1. The van der Waals surface area contributed by atoms with Crippen molar-refractivity contribution >= 4 is 47.3 Å². The molecule has 1 aromatic carbocycles. The Bertz CT molecular complexity index is 615. The number of hydrogen-bond acceptors (Lipinski definition) is 4. The number of unbranched alkanes of at least 4 members (excludes halogenated alkanes) is 1. The van der Waals surface area contributed by atoms with Crippen molar-refractivity contribution in [1.82, 2.24) is 0 Å². The summed E-state index contributed by atoms with van der Waals surface area (Å²) in [4.78, 5) is 0. The second kappa shape index (κ2) is 8.50. The number of nitrogens with one attached hydrogen (secondary N) is 1. The molecule has 0 aromatic heterocycles. The van der Waals surface area contributed by atoms with E-state index in [4.69, 9.17) is 33.2 Å². The third-order valence-corrected chi connectivity index (χ3v) is 4.14. The van der Waals surface area contributed by atoms with Crippen molar-refractivity contribution in [2.24, 2.45) is 0 Å². The van der Waals surface area contributed by atoms with Gasteiger partial charge in [0.15, 0.2) is 0 Å². The highest BCUT2D eigenvalue weighted by molar-refractivity contribution is 7.81. The van der Waals surface area contributed by atoms with Crippen LogP contribution in [-0.2, 0) is 4.74 Å². The van der Waals surface area contributed by atoms with Gasteiger partial charge in [0, 0.05) is 24.3 Å². The Labute approximate surface area is 146 Å². The fraction of sp³-hybridized carbons (Fsp3) is 0.312. The van der Waals surface area contributed by atoms with Gasteiger partial charge < -0.3 is 9.46 Å². The number of thiol groups is 1.